The zero-order chi connectivity index (χ0) is 18.2. The second kappa shape index (κ2) is 15.5. The van der Waals surface area contributed by atoms with Crippen LogP contribution < -0.4 is 0 Å². The van der Waals surface area contributed by atoms with Gasteiger partial charge >= 0.3 is 0 Å². The Morgan fingerprint density at radius 1 is 0.458 bits per heavy atom. The minimum Gasteiger partial charge on any atom is -0.0853 e. The van der Waals surface area contributed by atoms with Crippen LogP contribution in [0.25, 0.3) is 0 Å². The van der Waals surface area contributed by atoms with Gasteiger partial charge in [0.25, 0.3) is 0 Å². The number of hydrogen-bond donors (Lipinski definition) is 0. The van der Waals surface area contributed by atoms with Crippen LogP contribution in [0.5, 0.6) is 0 Å². The topological polar surface area (TPSA) is 0 Å². The monoisotopic (exact) mass is 330 g/mol. The van der Waals surface area contributed by atoms with Crippen molar-refractivity contribution in [3.63, 3.8) is 0 Å². The molecule has 0 amide bonds. The lowest BCUT2D eigenvalue weighted by atomic mass is 10.0. The third-order valence-corrected chi connectivity index (χ3v) is 4.50. The van der Waals surface area contributed by atoms with Crippen LogP contribution in [-0.2, 0) is 0 Å². The fourth-order valence-electron chi connectivity index (χ4n) is 2.95. The van der Waals surface area contributed by atoms with E-state index in [1.165, 1.54) is 64.2 Å². The molecule has 0 aromatic rings. The maximum Gasteiger partial charge on any atom is -0.0288 e. The van der Waals surface area contributed by atoms with E-state index in [1.807, 2.05) is 0 Å². The van der Waals surface area contributed by atoms with Crippen LogP contribution in [0.2, 0.25) is 0 Å². The Labute approximate surface area is 152 Å². The third kappa shape index (κ3) is 14.5. The molecule has 0 aromatic heterocycles. The molecule has 0 atom stereocenters. The molecule has 0 saturated carbocycles. The Balaban J connectivity index is 3.95. The van der Waals surface area contributed by atoms with Gasteiger partial charge in [0.15, 0.2) is 0 Å². The highest BCUT2D eigenvalue weighted by Gasteiger charge is 1.93. The number of allylic oxidation sites excluding steroid dienone is 8. The molecule has 0 N–H and O–H groups in total. The Bertz CT molecular complexity index is 387. The molecule has 0 aliphatic carbocycles. The highest BCUT2D eigenvalue weighted by Crippen LogP contribution is 2.13. The van der Waals surface area contributed by atoms with Crippen LogP contribution in [0, 0.1) is 0 Å². The van der Waals surface area contributed by atoms with Crippen molar-refractivity contribution < 1.29 is 0 Å². The molecule has 0 aromatic carbocycles. The summed E-state index contributed by atoms with van der Waals surface area (Å²) < 4.78 is 0. The van der Waals surface area contributed by atoms with Gasteiger partial charge in [0.2, 0.25) is 0 Å². The second-order valence-corrected chi connectivity index (χ2v) is 7.36. The van der Waals surface area contributed by atoms with Gasteiger partial charge in [-0.1, -0.05) is 73.3 Å². The van der Waals surface area contributed by atoms with Crippen LogP contribution in [0.3, 0.4) is 0 Å². The first-order valence-corrected chi connectivity index (χ1v) is 10.1. The van der Waals surface area contributed by atoms with Gasteiger partial charge < -0.3 is 0 Å². The van der Waals surface area contributed by atoms with Crippen molar-refractivity contribution in [2.75, 3.05) is 0 Å². The Hall–Kier alpha value is -1.04. The van der Waals surface area contributed by atoms with E-state index in [1.54, 1.807) is 22.3 Å². The molecule has 0 unspecified atom stereocenters. The Morgan fingerprint density at radius 3 is 1.08 bits per heavy atom. The van der Waals surface area contributed by atoms with Gasteiger partial charge in [0.1, 0.15) is 0 Å². The molecule has 24 heavy (non-hydrogen) atoms. The average molecular weight is 331 g/mol. The smallest absolute Gasteiger partial charge is 0.0288 e. The first kappa shape index (κ1) is 23.0. The summed E-state index contributed by atoms with van der Waals surface area (Å²) in [5.41, 5.74) is 6.18. The lowest BCUT2D eigenvalue weighted by Crippen LogP contribution is -1.81. The van der Waals surface area contributed by atoms with E-state index in [4.69, 9.17) is 0 Å². The Morgan fingerprint density at radius 2 is 0.750 bits per heavy atom. The lowest BCUT2D eigenvalue weighted by molar-refractivity contribution is 0.873. The Kier molecular flexibility index (Phi) is 14.8. The molecule has 138 valence electrons. The molecular formula is C24H42. The van der Waals surface area contributed by atoms with Gasteiger partial charge in [-0.2, -0.15) is 0 Å². The van der Waals surface area contributed by atoms with Gasteiger partial charge in [-0.15, -0.1) is 0 Å². The van der Waals surface area contributed by atoms with Crippen LogP contribution in [-0.4, -0.2) is 0 Å². The fourth-order valence-corrected chi connectivity index (χ4v) is 2.95. The standard InChI is InChI=1S/C24H42/c1-7-13-21(3)17-11-19-23(5)15-9-10-16-24(6)20-12-18-22(4)14-8-2/h15-18H,7-14,19-20H2,1-6H3/b21-17+,22-18+,23-15+,24-16+. The summed E-state index contributed by atoms with van der Waals surface area (Å²) in [5, 5.41) is 0. The first-order valence-electron chi connectivity index (χ1n) is 10.1. The van der Waals surface area contributed by atoms with E-state index in [9.17, 15) is 0 Å². The minimum atomic E-state index is 1.19. The largest absolute Gasteiger partial charge is 0.0853 e. The summed E-state index contributed by atoms with van der Waals surface area (Å²) in [6.07, 6.45) is 21.9. The fraction of sp³-hybridized carbons (Fsp3) is 0.667. The van der Waals surface area contributed by atoms with Crippen molar-refractivity contribution in [3.05, 3.63) is 46.6 Å². The molecule has 0 aliphatic rings. The van der Waals surface area contributed by atoms with Crippen molar-refractivity contribution >= 4 is 0 Å². The zero-order valence-corrected chi connectivity index (χ0v) is 17.4. The molecule has 0 radical (unpaired) electrons. The predicted octanol–water partition coefficient (Wildman–Crippen LogP) is 8.71. The molecule has 0 nitrogen and oxygen atoms in total. The maximum atomic E-state index is 2.43. The SMILES string of the molecule is CCC/C(C)=C/CC/C(C)=C/CC/C=C(\C)CC/C=C(\C)CCC. The molecule has 0 heterocycles. The molecule has 0 aliphatic heterocycles. The summed E-state index contributed by atoms with van der Waals surface area (Å²) in [6, 6.07) is 0. The molecule has 0 spiro atoms. The van der Waals surface area contributed by atoms with E-state index < -0.39 is 0 Å². The summed E-state index contributed by atoms with van der Waals surface area (Å²) >= 11 is 0. The average Bonchev–Trinajstić information content (AvgIpc) is 2.52. The molecule has 0 saturated heterocycles. The summed E-state index contributed by atoms with van der Waals surface area (Å²) in [4.78, 5) is 0. The van der Waals surface area contributed by atoms with Crippen molar-refractivity contribution in [3.8, 4) is 0 Å². The maximum absolute atomic E-state index is 2.43. The van der Waals surface area contributed by atoms with Crippen LogP contribution in [0.15, 0.2) is 46.6 Å². The van der Waals surface area contributed by atoms with Gasteiger partial charge in [0.05, 0.1) is 0 Å². The molecule has 0 bridgehead atoms. The zero-order valence-electron chi connectivity index (χ0n) is 17.4. The van der Waals surface area contributed by atoms with E-state index >= 15 is 0 Å². The molecular weight excluding hydrogens is 288 g/mol. The normalized spacial score (nSPS) is 14.4. The number of hydrogen-bond acceptors (Lipinski definition) is 0. The van der Waals surface area contributed by atoms with Crippen LogP contribution in [0.1, 0.15) is 106 Å². The quantitative estimate of drug-likeness (QED) is 0.234. The summed E-state index contributed by atoms with van der Waals surface area (Å²) in [7, 11) is 0. The second-order valence-electron chi connectivity index (χ2n) is 7.36. The van der Waals surface area contributed by atoms with Crippen LogP contribution in [0.4, 0.5) is 0 Å². The summed E-state index contributed by atoms with van der Waals surface area (Å²) in [6.45, 7) is 13.6. The van der Waals surface area contributed by atoms with E-state index in [2.05, 4.69) is 65.8 Å². The van der Waals surface area contributed by atoms with E-state index in [0.717, 1.165) is 0 Å². The van der Waals surface area contributed by atoms with Gasteiger partial charge in [-0.25, -0.2) is 0 Å². The van der Waals surface area contributed by atoms with Gasteiger partial charge in [-0.3, -0.25) is 0 Å². The highest BCUT2D eigenvalue weighted by atomic mass is 14.0. The van der Waals surface area contributed by atoms with Crippen molar-refractivity contribution in [2.45, 2.75) is 106 Å². The van der Waals surface area contributed by atoms with Crippen molar-refractivity contribution in [1.82, 2.24) is 0 Å². The number of unbranched alkanes of at least 4 members (excludes halogenated alkanes) is 1. The van der Waals surface area contributed by atoms with Crippen molar-refractivity contribution in [1.29, 1.82) is 0 Å². The molecule has 0 fully saturated rings. The molecule has 0 rings (SSSR count). The first-order chi connectivity index (χ1) is 11.5. The van der Waals surface area contributed by atoms with Crippen molar-refractivity contribution in [2.24, 2.45) is 0 Å². The number of rotatable bonds is 13. The summed E-state index contributed by atoms with van der Waals surface area (Å²) in [5.74, 6) is 0. The van der Waals surface area contributed by atoms with Crippen LogP contribution >= 0.6 is 0 Å². The highest BCUT2D eigenvalue weighted by molar-refractivity contribution is 5.06. The predicted molar refractivity (Wildman–Crippen MR) is 113 cm³/mol. The van der Waals surface area contributed by atoms with E-state index in [-0.39, 0.29) is 0 Å². The van der Waals surface area contributed by atoms with Gasteiger partial charge in [0, 0.05) is 0 Å². The molecule has 0 heteroatoms. The third-order valence-electron chi connectivity index (χ3n) is 4.50. The van der Waals surface area contributed by atoms with E-state index in [0.29, 0.717) is 0 Å². The minimum absolute atomic E-state index is 1.19. The van der Waals surface area contributed by atoms with Gasteiger partial charge in [-0.05, 0) is 79.1 Å². The lowest BCUT2D eigenvalue weighted by Gasteiger charge is -2.02.